The first kappa shape index (κ1) is 12.9. The number of rotatable bonds is 4. The van der Waals surface area contributed by atoms with Crippen molar-refractivity contribution in [3.8, 4) is 0 Å². The van der Waals surface area contributed by atoms with E-state index in [9.17, 15) is 14.7 Å². The summed E-state index contributed by atoms with van der Waals surface area (Å²) in [5.41, 5.74) is 0.706. The van der Waals surface area contributed by atoms with Gasteiger partial charge in [0.15, 0.2) is 6.10 Å². The highest BCUT2D eigenvalue weighted by Crippen LogP contribution is 2.30. The van der Waals surface area contributed by atoms with Crippen molar-refractivity contribution in [2.45, 2.75) is 17.9 Å². The van der Waals surface area contributed by atoms with Crippen molar-refractivity contribution in [2.24, 2.45) is 0 Å². The predicted octanol–water partition coefficient (Wildman–Crippen LogP) is 1.83. The molecule has 0 amide bonds. The molecule has 0 fully saturated rings. The number of carboxylic acid groups (broad SMARTS) is 1. The monoisotopic (exact) mass is 286 g/mol. The van der Waals surface area contributed by atoms with Gasteiger partial charge in [-0.15, -0.1) is 0 Å². The molecule has 16 heavy (non-hydrogen) atoms. The fraction of sp³-hybridized carbons (Fsp3) is 0.273. The molecule has 0 aliphatic heterocycles. The molecule has 0 saturated carbocycles. The molecule has 2 atom stereocenters. The third kappa shape index (κ3) is 2.68. The van der Waals surface area contributed by atoms with E-state index in [0.29, 0.717) is 5.56 Å². The number of hydrogen-bond acceptors (Lipinski definition) is 3. The Kier molecular flexibility index (Phi) is 4.20. The zero-order chi connectivity index (χ0) is 12.3. The van der Waals surface area contributed by atoms with Gasteiger partial charge in [-0.05, 0) is 18.1 Å². The number of carbonyl (C=O) groups excluding carboxylic acids is 1. The molecule has 0 heterocycles. The Bertz CT molecular complexity index is 377. The van der Waals surface area contributed by atoms with Crippen LogP contribution in [0.4, 0.5) is 0 Å². The SMILES string of the molecule is CC(=O)C(Br)c1ccccc1C(O)C(=O)O. The van der Waals surface area contributed by atoms with Crippen molar-refractivity contribution < 1.29 is 19.8 Å². The first-order valence-electron chi connectivity index (χ1n) is 4.59. The van der Waals surface area contributed by atoms with Crippen molar-refractivity contribution in [1.29, 1.82) is 0 Å². The number of alkyl halides is 1. The van der Waals surface area contributed by atoms with E-state index >= 15 is 0 Å². The first-order chi connectivity index (χ1) is 7.45. The van der Waals surface area contributed by atoms with Crippen LogP contribution in [0.2, 0.25) is 0 Å². The van der Waals surface area contributed by atoms with Crippen molar-refractivity contribution in [3.63, 3.8) is 0 Å². The highest BCUT2D eigenvalue weighted by atomic mass is 79.9. The average molecular weight is 287 g/mol. The van der Waals surface area contributed by atoms with Crippen LogP contribution in [0.3, 0.4) is 0 Å². The minimum atomic E-state index is -1.62. The Morgan fingerprint density at radius 3 is 2.19 bits per heavy atom. The van der Waals surface area contributed by atoms with Gasteiger partial charge in [-0.3, -0.25) is 4.79 Å². The number of hydrogen-bond donors (Lipinski definition) is 2. The quantitative estimate of drug-likeness (QED) is 0.828. The topological polar surface area (TPSA) is 74.6 Å². The summed E-state index contributed by atoms with van der Waals surface area (Å²) in [5.74, 6) is -1.49. The summed E-state index contributed by atoms with van der Waals surface area (Å²) in [6.07, 6.45) is -1.62. The maximum Gasteiger partial charge on any atom is 0.337 e. The van der Waals surface area contributed by atoms with Crippen molar-refractivity contribution in [2.75, 3.05) is 0 Å². The molecule has 1 aromatic carbocycles. The van der Waals surface area contributed by atoms with Crippen LogP contribution < -0.4 is 0 Å². The van der Waals surface area contributed by atoms with Gasteiger partial charge < -0.3 is 10.2 Å². The lowest BCUT2D eigenvalue weighted by molar-refractivity contribution is -0.147. The van der Waals surface area contributed by atoms with E-state index in [1.54, 1.807) is 18.2 Å². The standard InChI is InChI=1S/C11H11BrO4/c1-6(13)9(12)7-4-2-3-5-8(7)10(14)11(15)16/h2-5,9-10,14H,1H3,(H,15,16). The molecule has 0 saturated heterocycles. The molecule has 86 valence electrons. The lowest BCUT2D eigenvalue weighted by Gasteiger charge is -2.14. The molecule has 5 heteroatoms. The minimum absolute atomic E-state index is 0.148. The second kappa shape index (κ2) is 5.23. The second-order valence-corrected chi connectivity index (χ2v) is 4.26. The molecular weight excluding hydrogens is 276 g/mol. The fourth-order valence-electron chi connectivity index (χ4n) is 1.34. The van der Waals surface area contributed by atoms with E-state index in [1.807, 2.05) is 0 Å². The Hall–Kier alpha value is -1.20. The highest BCUT2D eigenvalue weighted by Gasteiger charge is 2.23. The molecule has 0 spiro atoms. The van der Waals surface area contributed by atoms with Crippen molar-refractivity contribution in [3.05, 3.63) is 35.4 Å². The van der Waals surface area contributed by atoms with Gasteiger partial charge >= 0.3 is 5.97 Å². The summed E-state index contributed by atoms with van der Waals surface area (Å²) in [5, 5.41) is 18.2. The van der Waals surface area contributed by atoms with Gasteiger partial charge in [-0.1, -0.05) is 40.2 Å². The molecule has 4 nitrogen and oxygen atoms in total. The average Bonchev–Trinajstić information content (AvgIpc) is 2.26. The van der Waals surface area contributed by atoms with Crippen molar-refractivity contribution in [1.82, 2.24) is 0 Å². The van der Waals surface area contributed by atoms with Gasteiger partial charge in [-0.25, -0.2) is 4.79 Å². The normalized spacial score (nSPS) is 14.2. The highest BCUT2D eigenvalue weighted by molar-refractivity contribution is 9.09. The second-order valence-electron chi connectivity index (χ2n) is 3.34. The molecule has 0 radical (unpaired) electrons. The number of ketones is 1. The number of aliphatic carboxylic acids is 1. The van der Waals surface area contributed by atoms with E-state index in [0.717, 1.165) is 0 Å². The summed E-state index contributed by atoms with van der Waals surface area (Å²) in [6, 6.07) is 6.41. The molecule has 1 aromatic rings. The van der Waals surface area contributed by atoms with Crippen LogP contribution >= 0.6 is 15.9 Å². The largest absolute Gasteiger partial charge is 0.479 e. The predicted molar refractivity (Wildman–Crippen MR) is 61.4 cm³/mol. The number of aliphatic hydroxyl groups excluding tert-OH is 1. The van der Waals surface area contributed by atoms with Gasteiger partial charge in [0, 0.05) is 0 Å². The fourth-order valence-corrected chi connectivity index (χ4v) is 1.76. The molecule has 0 aromatic heterocycles. The summed E-state index contributed by atoms with van der Waals surface area (Å²) in [7, 11) is 0. The van der Waals surface area contributed by atoms with Gasteiger partial charge in [0.2, 0.25) is 0 Å². The molecule has 0 aliphatic rings. The van der Waals surface area contributed by atoms with E-state index in [-0.39, 0.29) is 11.3 Å². The van der Waals surface area contributed by atoms with Gasteiger partial charge in [0.05, 0.1) is 4.83 Å². The third-order valence-electron chi connectivity index (χ3n) is 2.15. The van der Waals surface area contributed by atoms with E-state index in [2.05, 4.69) is 15.9 Å². The van der Waals surface area contributed by atoms with Crippen LogP contribution in [0.1, 0.15) is 29.0 Å². The van der Waals surface area contributed by atoms with Crippen LogP contribution in [-0.4, -0.2) is 22.0 Å². The molecule has 2 N–H and O–H groups in total. The van der Waals surface area contributed by atoms with Crippen LogP contribution in [-0.2, 0) is 9.59 Å². The Morgan fingerprint density at radius 2 is 1.75 bits per heavy atom. The van der Waals surface area contributed by atoms with E-state index < -0.39 is 16.9 Å². The number of carboxylic acids is 1. The van der Waals surface area contributed by atoms with Crippen LogP contribution in [0.25, 0.3) is 0 Å². The van der Waals surface area contributed by atoms with Gasteiger partial charge in [0.25, 0.3) is 0 Å². The Labute approximate surface area is 101 Å². The van der Waals surface area contributed by atoms with E-state index in [1.165, 1.54) is 13.0 Å². The molecule has 1 rings (SSSR count). The smallest absolute Gasteiger partial charge is 0.337 e. The molecule has 2 unspecified atom stereocenters. The summed E-state index contributed by atoms with van der Waals surface area (Å²) < 4.78 is 0. The van der Waals surface area contributed by atoms with Crippen LogP contribution in [0.5, 0.6) is 0 Å². The Morgan fingerprint density at radius 1 is 1.25 bits per heavy atom. The summed E-state index contributed by atoms with van der Waals surface area (Å²) in [6.45, 7) is 1.39. The number of benzene rings is 1. The zero-order valence-electron chi connectivity index (χ0n) is 8.55. The van der Waals surface area contributed by atoms with Gasteiger partial charge in [-0.2, -0.15) is 0 Å². The van der Waals surface area contributed by atoms with E-state index in [4.69, 9.17) is 5.11 Å². The van der Waals surface area contributed by atoms with Crippen LogP contribution in [0, 0.1) is 0 Å². The number of Topliss-reactive ketones (excluding diaryl/α,β-unsaturated/α-hetero) is 1. The van der Waals surface area contributed by atoms with Gasteiger partial charge in [0.1, 0.15) is 5.78 Å². The third-order valence-corrected chi connectivity index (χ3v) is 3.29. The summed E-state index contributed by atoms with van der Waals surface area (Å²) >= 11 is 3.16. The minimum Gasteiger partial charge on any atom is -0.479 e. The lowest BCUT2D eigenvalue weighted by Crippen LogP contribution is -2.14. The first-order valence-corrected chi connectivity index (χ1v) is 5.51. The maximum atomic E-state index is 11.2. The lowest BCUT2D eigenvalue weighted by atomic mass is 9.98. The number of aliphatic hydroxyl groups is 1. The maximum absolute atomic E-state index is 11.2. The Balaban J connectivity index is 3.19. The number of halogens is 1. The number of carbonyl (C=O) groups is 2. The van der Waals surface area contributed by atoms with Crippen LogP contribution in [0.15, 0.2) is 24.3 Å². The molecule has 0 bridgehead atoms. The molecule has 0 aliphatic carbocycles. The summed E-state index contributed by atoms with van der Waals surface area (Å²) in [4.78, 5) is 21.3. The molecular formula is C11H11BrO4. The zero-order valence-corrected chi connectivity index (χ0v) is 10.1. The van der Waals surface area contributed by atoms with Crippen molar-refractivity contribution >= 4 is 27.7 Å².